The molecule has 0 radical (unpaired) electrons. The van der Waals surface area contributed by atoms with Crippen molar-refractivity contribution in [3.8, 4) is 0 Å². The number of piperidine rings is 1. The Morgan fingerprint density at radius 3 is 2.48 bits per heavy atom. The van der Waals surface area contributed by atoms with Crippen LogP contribution >= 0.6 is 0 Å². The standard InChI is InChI=1S/C18H24N2O3/c1-13-3-5-14(6-4-13)17-15(7-8-16(21)19(17)2)18(22)20-9-11-23-12-10-20/h3-6,15,17H,7-12H2,1-2H3/t15-,17-/m1/s1. The first kappa shape index (κ1) is 16.0. The SMILES string of the molecule is Cc1ccc([C@@H]2[C@H](C(=O)N3CCOCC3)CCC(=O)N2C)cc1. The third-order valence-corrected chi connectivity index (χ3v) is 4.92. The predicted octanol–water partition coefficient (Wildman–Crippen LogP) is 1.76. The molecule has 3 rings (SSSR count). The molecule has 2 atom stereocenters. The number of carbonyl (C=O) groups is 2. The highest BCUT2D eigenvalue weighted by molar-refractivity contribution is 5.85. The van der Waals surface area contributed by atoms with Gasteiger partial charge in [-0.3, -0.25) is 9.59 Å². The molecule has 2 fully saturated rings. The van der Waals surface area contributed by atoms with Crippen LogP contribution in [0.2, 0.25) is 0 Å². The number of likely N-dealkylation sites (tertiary alicyclic amines) is 1. The molecule has 2 aliphatic rings. The zero-order valence-electron chi connectivity index (χ0n) is 13.8. The Bertz CT molecular complexity index is 578. The first-order chi connectivity index (χ1) is 11.1. The van der Waals surface area contributed by atoms with Gasteiger partial charge < -0.3 is 14.5 Å². The summed E-state index contributed by atoms with van der Waals surface area (Å²) in [6.45, 7) is 4.53. The maximum atomic E-state index is 13.0. The van der Waals surface area contributed by atoms with E-state index in [4.69, 9.17) is 4.74 Å². The average Bonchev–Trinajstić information content (AvgIpc) is 2.58. The van der Waals surface area contributed by atoms with E-state index in [1.165, 1.54) is 5.56 Å². The van der Waals surface area contributed by atoms with Crippen molar-refractivity contribution in [2.45, 2.75) is 25.8 Å². The maximum Gasteiger partial charge on any atom is 0.228 e. The van der Waals surface area contributed by atoms with Crippen LogP contribution in [0.3, 0.4) is 0 Å². The average molecular weight is 316 g/mol. The van der Waals surface area contributed by atoms with Crippen LogP contribution in [0.5, 0.6) is 0 Å². The highest BCUT2D eigenvalue weighted by atomic mass is 16.5. The molecule has 5 nitrogen and oxygen atoms in total. The van der Waals surface area contributed by atoms with E-state index in [1.54, 1.807) is 4.90 Å². The van der Waals surface area contributed by atoms with Crippen molar-refractivity contribution in [3.63, 3.8) is 0 Å². The smallest absolute Gasteiger partial charge is 0.228 e. The van der Waals surface area contributed by atoms with Crippen LogP contribution in [0.15, 0.2) is 24.3 Å². The minimum atomic E-state index is -0.174. The Kier molecular flexibility index (Phi) is 4.66. The fourth-order valence-electron chi connectivity index (χ4n) is 3.53. The second-order valence-corrected chi connectivity index (χ2v) is 6.44. The Balaban J connectivity index is 1.87. The molecular weight excluding hydrogens is 292 g/mol. The minimum Gasteiger partial charge on any atom is -0.378 e. The summed E-state index contributed by atoms with van der Waals surface area (Å²) in [5, 5.41) is 0. The number of carbonyl (C=O) groups excluding carboxylic acids is 2. The summed E-state index contributed by atoms with van der Waals surface area (Å²) in [6, 6.07) is 7.98. The van der Waals surface area contributed by atoms with Crippen molar-refractivity contribution in [1.82, 2.24) is 9.80 Å². The lowest BCUT2D eigenvalue weighted by Gasteiger charge is -2.41. The third kappa shape index (κ3) is 3.24. The lowest BCUT2D eigenvalue weighted by molar-refractivity contribution is -0.149. The van der Waals surface area contributed by atoms with E-state index in [2.05, 4.69) is 0 Å². The summed E-state index contributed by atoms with van der Waals surface area (Å²) < 4.78 is 5.34. The Labute approximate surface area is 137 Å². The number of amides is 2. The van der Waals surface area contributed by atoms with Gasteiger partial charge in [-0.15, -0.1) is 0 Å². The predicted molar refractivity (Wildman–Crippen MR) is 86.8 cm³/mol. The van der Waals surface area contributed by atoms with Crippen LogP contribution in [0.25, 0.3) is 0 Å². The molecule has 0 aromatic heterocycles. The molecule has 0 aliphatic carbocycles. The number of rotatable bonds is 2. The van der Waals surface area contributed by atoms with Gasteiger partial charge in [0.25, 0.3) is 0 Å². The molecular formula is C18H24N2O3. The molecule has 1 aromatic rings. The summed E-state index contributed by atoms with van der Waals surface area (Å²) in [4.78, 5) is 28.8. The van der Waals surface area contributed by atoms with E-state index in [0.717, 1.165) is 5.56 Å². The van der Waals surface area contributed by atoms with Gasteiger partial charge in [-0.05, 0) is 18.9 Å². The molecule has 0 saturated carbocycles. The third-order valence-electron chi connectivity index (χ3n) is 4.92. The zero-order chi connectivity index (χ0) is 16.4. The second kappa shape index (κ2) is 6.71. The molecule has 124 valence electrons. The molecule has 2 amide bonds. The normalized spacial score (nSPS) is 25.6. The molecule has 2 heterocycles. The van der Waals surface area contributed by atoms with E-state index in [9.17, 15) is 9.59 Å². The molecule has 0 bridgehead atoms. The summed E-state index contributed by atoms with van der Waals surface area (Å²) in [7, 11) is 1.81. The zero-order valence-corrected chi connectivity index (χ0v) is 13.8. The van der Waals surface area contributed by atoms with E-state index in [0.29, 0.717) is 39.1 Å². The molecule has 0 N–H and O–H groups in total. The van der Waals surface area contributed by atoms with Crippen LogP contribution in [-0.2, 0) is 14.3 Å². The van der Waals surface area contributed by atoms with E-state index >= 15 is 0 Å². The first-order valence-corrected chi connectivity index (χ1v) is 8.26. The first-order valence-electron chi connectivity index (χ1n) is 8.26. The fraction of sp³-hybridized carbons (Fsp3) is 0.556. The summed E-state index contributed by atoms with van der Waals surface area (Å²) in [5.41, 5.74) is 2.22. The van der Waals surface area contributed by atoms with Gasteiger partial charge in [0.05, 0.1) is 25.2 Å². The van der Waals surface area contributed by atoms with Gasteiger partial charge in [0, 0.05) is 26.6 Å². The number of hydrogen-bond donors (Lipinski definition) is 0. The maximum absolute atomic E-state index is 13.0. The van der Waals surface area contributed by atoms with Crippen LogP contribution in [0.1, 0.15) is 30.0 Å². The van der Waals surface area contributed by atoms with Gasteiger partial charge in [-0.1, -0.05) is 29.8 Å². The number of ether oxygens (including phenoxy) is 1. The Hall–Kier alpha value is -1.88. The van der Waals surface area contributed by atoms with Gasteiger partial charge >= 0.3 is 0 Å². The number of hydrogen-bond acceptors (Lipinski definition) is 3. The minimum absolute atomic E-state index is 0.113. The highest BCUT2D eigenvalue weighted by Gasteiger charge is 2.40. The summed E-state index contributed by atoms with van der Waals surface area (Å²) in [6.07, 6.45) is 1.07. The molecule has 2 saturated heterocycles. The Morgan fingerprint density at radius 2 is 1.83 bits per heavy atom. The van der Waals surface area contributed by atoms with Crippen LogP contribution in [0.4, 0.5) is 0 Å². The number of benzene rings is 1. The summed E-state index contributed by atoms with van der Waals surface area (Å²) in [5.74, 6) is 0.0957. The molecule has 1 aromatic carbocycles. The van der Waals surface area contributed by atoms with Crippen LogP contribution in [-0.4, -0.2) is 55.0 Å². The molecule has 0 spiro atoms. The number of aryl methyl sites for hydroxylation is 1. The molecule has 2 aliphatic heterocycles. The van der Waals surface area contributed by atoms with Gasteiger partial charge in [0.1, 0.15) is 0 Å². The highest BCUT2D eigenvalue weighted by Crippen LogP contribution is 2.37. The van der Waals surface area contributed by atoms with Crippen molar-refractivity contribution >= 4 is 11.8 Å². The monoisotopic (exact) mass is 316 g/mol. The van der Waals surface area contributed by atoms with E-state index in [1.807, 2.05) is 43.1 Å². The second-order valence-electron chi connectivity index (χ2n) is 6.44. The van der Waals surface area contributed by atoms with Crippen LogP contribution < -0.4 is 0 Å². The van der Waals surface area contributed by atoms with Crippen molar-refractivity contribution in [3.05, 3.63) is 35.4 Å². The van der Waals surface area contributed by atoms with Crippen molar-refractivity contribution in [1.29, 1.82) is 0 Å². The van der Waals surface area contributed by atoms with Gasteiger partial charge in [0.15, 0.2) is 0 Å². The Morgan fingerprint density at radius 1 is 1.17 bits per heavy atom. The largest absolute Gasteiger partial charge is 0.378 e. The quantitative estimate of drug-likeness (QED) is 0.835. The molecule has 0 unspecified atom stereocenters. The van der Waals surface area contributed by atoms with Crippen molar-refractivity contribution in [2.24, 2.45) is 5.92 Å². The number of morpholine rings is 1. The van der Waals surface area contributed by atoms with Crippen LogP contribution in [0, 0.1) is 12.8 Å². The van der Waals surface area contributed by atoms with E-state index in [-0.39, 0.29) is 23.8 Å². The van der Waals surface area contributed by atoms with Crippen molar-refractivity contribution < 1.29 is 14.3 Å². The topological polar surface area (TPSA) is 49.9 Å². The van der Waals surface area contributed by atoms with Gasteiger partial charge in [-0.25, -0.2) is 0 Å². The van der Waals surface area contributed by atoms with Gasteiger partial charge in [-0.2, -0.15) is 0 Å². The van der Waals surface area contributed by atoms with Crippen molar-refractivity contribution in [2.75, 3.05) is 33.4 Å². The summed E-state index contributed by atoms with van der Waals surface area (Å²) >= 11 is 0. The molecule has 23 heavy (non-hydrogen) atoms. The fourth-order valence-corrected chi connectivity index (χ4v) is 3.53. The lowest BCUT2D eigenvalue weighted by atomic mass is 9.83. The molecule has 5 heteroatoms. The van der Waals surface area contributed by atoms with Gasteiger partial charge in [0.2, 0.25) is 11.8 Å². The van der Waals surface area contributed by atoms with E-state index < -0.39 is 0 Å². The number of nitrogens with zero attached hydrogens (tertiary/aromatic N) is 2. The lowest BCUT2D eigenvalue weighted by Crippen LogP contribution is -2.50.